The van der Waals surface area contributed by atoms with Gasteiger partial charge in [0.05, 0.1) is 17.5 Å². The van der Waals surface area contributed by atoms with Crippen molar-refractivity contribution in [3.8, 4) is 0 Å². The van der Waals surface area contributed by atoms with Crippen molar-refractivity contribution in [2.24, 2.45) is 0 Å². The summed E-state index contributed by atoms with van der Waals surface area (Å²) in [6.07, 6.45) is 3.79. The molecule has 0 saturated heterocycles. The van der Waals surface area contributed by atoms with E-state index in [1.54, 1.807) is 30.3 Å². The average Bonchev–Trinajstić information content (AvgIpc) is 2.75. The lowest BCUT2D eigenvalue weighted by molar-refractivity contribution is -0.140. The number of hydrogen-bond acceptors (Lipinski definition) is 7. The molecule has 0 radical (unpaired) electrons. The van der Waals surface area contributed by atoms with E-state index in [-0.39, 0.29) is 12.2 Å². The molecule has 154 valence electrons. The maximum absolute atomic E-state index is 12.7. The number of carbonyl (C=O) groups is 2. The molecule has 1 N–H and O–H groups in total. The van der Waals surface area contributed by atoms with Crippen molar-refractivity contribution >= 4 is 28.9 Å². The highest BCUT2D eigenvalue weighted by Crippen LogP contribution is 2.09. The third kappa shape index (κ3) is 5.54. The lowest BCUT2D eigenvalue weighted by atomic mass is 10.2. The van der Waals surface area contributed by atoms with Crippen LogP contribution in [0.25, 0.3) is 17.0 Å². The summed E-state index contributed by atoms with van der Waals surface area (Å²) < 4.78 is 6.28. The molecule has 0 atom stereocenters. The van der Waals surface area contributed by atoms with Gasteiger partial charge in [0.2, 0.25) is 0 Å². The molecule has 1 heterocycles. The van der Waals surface area contributed by atoms with Gasteiger partial charge in [-0.3, -0.25) is 4.79 Å². The second kappa shape index (κ2) is 10.0. The van der Waals surface area contributed by atoms with E-state index in [9.17, 15) is 14.4 Å². The van der Waals surface area contributed by atoms with E-state index in [1.165, 1.54) is 13.0 Å². The zero-order chi connectivity index (χ0) is 21.3. The number of benzene rings is 2. The highest BCUT2D eigenvalue weighted by Gasteiger charge is 2.12. The predicted octanol–water partition coefficient (Wildman–Crippen LogP) is 2.61. The third-order valence-electron chi connectivity index (χ3n) is 4.13. The van der Waals surface area contributed by atoms with Crippen molar-refractivity contribution in [1.29, 1.82) is 0 Å². The van der Waals surface area contributed by atoms with Gasteiger partial charge in [0.15, 0.2) is 0 Å². The first kappa shape index (κ1) is 20.8. The van der Waals surface area contributed by atoms with Gasteiger partial charge < -0.3 is 9.57 Å². The summed E-state index contributed by atoms with van der Waals surface area (Å²) in [4.78, 5) is 44.9. The van der Waals surface area contributed by atoms with Crippen LogP contribution in [0.1, 0.15) is 24.7 Å². The van der Waals surface area contributed by atoms with Crippen molar-refractivity contribution in [2.75, 3.05) is 12.2 Å². The second-order valence-electron chi connectivity index (χ2n) is 6.39. The van der Waals surface area contributed by atoms with Crippen LogP contribution in [-0.4, -0.2) is 28.2 Å². The maximum Gasteiger partial charge on any atom is 0.331 e. The molecule has 0 unspecified atom stereocenters. The first-order valence-corrected chi connectivity index (χ1v) is 9.38. The van der Waals surface area contributed by atoms with Crippen LogP contribution >= 0.6 is 0 Å². The van der Waals surface area contributed by atoms with E-state index in [0.29, 0.717) is 29.6 Å². The van der Waals surface area contributed by atoms with Crippen molar-refractivity contribution in [3.05, 3.63) is 82.4 Å². The van der Waals surface area contributed by atoms with E-state index < -0.39 is 11.9 Å². The standard InChI is InChI=1S/C22H21N3O5/c1-16(26)30-24-25-20(23-19-11-6-5-10-18(19)22(25)28)12-7-15-29-21(27)14-13-17-8-3-2-4-9-17/h2-6,8-11,13-14,24H,7,12,15H2,1H3/b14-13+. The van der Waals surface area contributed by atoms with Gasteiger partial charge in [-0.1, -0.05) is 42.5 Å². The number of hydrogen-bond donors (Lipinski definition) is 1. The Morgan fingerprint density at radius 2 is 1.83 bits per heavy atom. The first-order chi connectivity index (χ1) is 14.5. The minimum atomic E-state index is -0.597. The fourth-order valence-electron chi connectivity index (χ4n) is 2.73. The van der Waals surface area contributed by atoms with Crippen molar-refractivity contribution in [3.63, 3.8) is 0 Å². The molecule has 30 heavy (non-hydrogen) atoms. The molecule has 0 aliphatic rings. The van der Waals surface area contributed by atoms with E-state index >= 15 is 0 Å². The lowest BCUT2D eigenvalue weighted by Gasteiger charge is -2.14. The van der Waals surface area contributed by atoms with Crippen LogP contribution in [0.15, 0.2) is 65.5 Å². The van der Waals surface area contributed by atoms with Crippen molar-refractivity contribution < 1.29 is 19.2 Å². The molecular formula is C22H21N3O5. The summed E-state index contributed by atoms with van der Waals surface area (Å²) in [7, 11) is 0. The van der Waals surface area contributed by atoms with E-state index in [4.69, 9.17) is 9.57 Å². The van der Waals surface area contributed by atoms with Crippen LogP contribution in [0.2, 0.25) is 0 Å². The molecule has 3 rings (SSSR count). The summed E-state index contributed by atoms with van der Waals surface area (Å²) in [6.45, 7) is 1.36. The fourth-order valence-corrected chi connectivity index (χ4v) is 2.73. The number of nitrogens with zero attached hydrogens (tertiary/aromatic N) is 2. The van der Waals surface area contributed by atoms with Crippen LogP contribution < -0.4 is 11.1 Å². The van der Waals surface area contributed by atoms with Crippen LogP contribution in [0.5, 0.6) is 0 Å². The van der Waals surface area contributed by atoms with E-state index in [0.717, 1.165) is 10.2 Å². The number of fused-ring (bicyclic) bond motifs is 1. The Labute approximate surface area is 172 Å². The molecule has 8 nitrogen and oxygen atoms in total. The Morgan fingerprint density at radius 1 is 1.10 bits per heavy atom. The Bertz CT molecular complexity index is 1120. The van der Waals surface area contributed by atoms with Gasteiger partial charge in [0, 0.05) is 19.4 Å². The smallest absolute Gasteiger partial charge is 0.331 e. The molecule has 3 aromatic rings. The van der Waals surface area contributed by atoms with Gasteiger partial charge in [-0.05, 0) is 30.2 Å². The molecule has 0 amide bonds. The summed E-state index contributed by atoms with van der Waals surface area (Å²) in [5.41, 5.74) is 3.37. The number of aryl methyl sites for hydroxylation is 1. The molecule has 0 saturated carbocycles. The maximum atomic E-state index is 12.7. The van der Waals surface area contributed by atoms with Crippen molar-refractivity contribution in [2.45, 2.75) is 19.8 Å². The quantitative estimate of drug-likeness (QED) is 0.265. The zero-order valence-corrected chi connectivity index (χ0v) is 16.4. The monoisotopic (exact) mass is 407 g/mol. The van der Waals surface area contributed by atoms with E-state index in [2.05, 4.69) is 10.6 Å². The SMILES string of the molecule is CC(=O)ONn1c(CCCOC(=O)/C=C/c2ccccc2)nc2ccccc2c1=O. The van der Waals surface area contributed by atoms with Gasteiger partial charge in [-0.15, -0.1) is 5.59 Å². The van der Waals surface area contributed by atoms with Crippen LogP contribution in [-0.2, 0) is 25.6 Å². The largest absolute Gasteiger partial charge is 0.463 e. The number of carbonyl (C=O) groups excluding carboxylic acids is 2. The topological polar surface area (TPSA) is 99.5 Å². The molecule has 2 aromatic carbocycles. The summed E-state index contributed by atoms with van der Waals surface area (Å²) in [6, 6.07) is 16.3. The number of para-hydroxylation sites is 1. The third-order valence-corrected chi connectivity index (χ3v) is 4.13. The summed E-state index contributed by atoms with van der Waals surface area (Å²) >= 11 is 0. The predicted molar refractivity (Wildman–Crippen MR) is 112 cm³/mol. The average molecular weight is 407 g/mol. The normalized spacial score (nSPS) is 10.8. The summed E-state index contributed by atoms with van der Waals surface area (Å²) in [5.74, 6) is -0.697. The Hall–Kier alpha value is -3.94. The lowest BCUT2D eigenvalue weighted by Crippen LogP contribution is -2.34. The molecular weight excluding hydrogens is 386 g/mol. The Morgan fingerprint density at radius 3 is 2.60 bits per heavy atom. The molecule has 0 fully saturated rings. The fraction of sp³-hybridized carbons (Fsp3) is 0.182. The molecule has 8 heteroatoms. The van der Waals surface area contributed by atoms with Crippen LogP contribution in [0, 0.1) is 0 Å². The van der Waals surface area contributed by atoms with Crippen LogP contribution in [0.4, 0.5) is 0 Å². The Balaban J connectivity index is 1.64. The molecule has 0 aliphatic carbocycles. The van der Waals surface area contributed by atoms with Gasteiger partial charge in [-0.25, -0.2) is 14.6 Å². The number of nitrogens with one attached hydrogen (secondary N) is 1. The minimum absolute atomic E-state index is 0.147. The van der Waals surface area contributed by atoms with Crippen LogP contribution in [0.3, 0.4) is 0 Å². The van der Waals surface area contributed by atoms with Gasteiger partial charge in [0.1, 0.15) is 5.82 Å². The molecule has 0 spiro atoms. The van der Waals surface area contributed by atoms with Crippen molar-refractivity contribution in [1.82, 2.24) is 9.66 Å². The van der Waals surface area contributed by atoms with Gasteiger partial charge in [-0.2, -0.15) is 4.68 Å². The first-order valence-electron chi connectivity index (χ1n) is 9.38. The second-order valence-corrected chi connectivity index (χ2v) is 6.39. The minimum Gasteiger partial charge on any atom is -0.463 e. The zero-order valence-electron chi connectivity index (χ0n) is 16.4. The number of esters is 1. The molecule has 1 aromatic heterocycles. The number of ether oxygens (including phenoxy) is 1. The van der Waals surface area contributed by atoms with Gasteiger partial charge >= 0.3 is 11.9 Å². The molecule has 0 aliphatic heterocycles. The Kier molecular flexibility index (Phi) is 6.94. The highest BCUT2D eigenvalue weighted by molar-refractivity contribution is 5.87. The van der Waals surface area contributed by atoms with E-state index in [1.807, 2.05) is 30.3 Å². The van der Waals surface area contributed by atoms with Gasteiger partial charge in [0.25, 0.3) is 5.56 Å². The molecule has 0 bridgehead atoms. The summed E-state index contributed by atoms with van der Waals surface area (Å²) in [5, 5.41) is 0.387. The number of aromatic nitrogens is 2. The highest BCUT2D eigenvalue weighted by atomic mass is 16.7. The number of rotatable bonds is 8.